The summed E-state index contributed by atoms with van der Waals surface area (Å²) in [4.78, 5) is 10.6. The third-order valence-electron chi connectivity index (χ3n) is 2.33. The van der Waals surface area contributed by atoms with Gasteiger partial charge in [0.05, 0.1) is 12.2 Å². The Hall–Kier alpha value is -2.64. The van der Waals surface area contributed by atoms with E-state index in [0.717, 1.165) is 0 Å². The average Bonchev–Trinajstić information content (AvgIpc) is 2.86. The summed E-state index contributed by atoms with van der Waals surface area (Å²) in [6.07, 6.45) is 0. The molecule has 1 aromatic heterocycles. The van der Waals surface area contributed by atoms with E-state index in [9.17, 15) is 13.6 Å². The standard InChI is InChI=1S/C12H10F2N2O4/c13-12(14)19-10-4-2-1-3-8(10)15-6-7-5-9(11(17)18)16-20-7/h1-5,12,15H,6H2,(H,17,18). The summed E-state index contributed by atoms with van der Waals surface area (Å²) in [5.74, 6) is -0.962. The quantitative estimate of drug-likeness (QED) is 0.848. The highest BCUT2D eigenvalue weighted by atomic mass is 19.3. The molecule has 0 radical (unpaired) electrons. The normalized spacial score (nSPS) is 10.6. The highest BCUT2D eigenvalue weighted by molar-refractivity contribution is 5.85. The lowest BCUT2D eigenvalue weighted by molar-refractivity contribution is -0.0493. The van der Waals surface area contributed by atoms with Gasteiger partial charge in [0.1, 0.15) is 5.75 Å². The Morgan fingerprint density at radius 1 is 1.45 bits per heavy atom. The van der Waals surface area contributed by atoms with Crippen molar-refractivity contribution in [1.29, 1.82) is 0 Å². The second-order valence-corrected chi connectivity index (χ2v) is 3.71. The molecule has 8 heteroatoms. The van der Waals surface area contributed by atoms with Crippen molar-refractivity contribution < 1.29 is 27.9 Å². The van der Waals surface area contributed by atoms with Gasteiger partial charge in [0.15, 0.2) is 11.5 Å². The first-order valence-electron chi connectivity index (χ1n) is 5.53. The minimum absolute atomic E-state index is 0.0135. The maximum absolute atomic E-state index is 12.2. The molecule has 0 amide bonds. The zero-order chi connectivity index (χ0) is 14.5. The Bertz CT molecular complexity index is 601. The number of nitrogens with zero attached hydrogens (tertiary/aromatic N) is 1. The van der Waals surface area contributed by atoms with E-state index in [1.807, 2.05) is 0 Å². The van der Waals surface area contributed by atoms with Crippen LogP contribution in [0.25, 0.3) is 0 Å². The fraction of sp³-hybridized carbons (Fsp3) is 0.167. The van der Waals surface area contributed by atoms with Crippen molar-refractivity contribution in [2.75, 3.05) is 5.32 Å². The third kappa shape index (κ3) is 3.44. The number of aromatic nitrogens is 1. The molecule has 0 saturated carbocycles. The Kier molecular flexibility index (Phi) is 4.14. The Morgan fingerprint density at radius 2 is 2.20 bits per heavy atom. The topological polar surface area (TPSA) is 84.6 Å². The monoisotopic (exact) mass is 284 g/mol. The number of carbonyl (C=O) groups is 1. The number of carboxylic acids is 1. The number of halogens is 2. The van der Waals surface area contributed by atoms with Gasteiger partial charge < -0.3 is 19.7 Å². The summed E-state index contributed by atoms with van der Waals surface area (Å²) >= 11 is 0. The molecule has 0 aliphatic rings. The van der Waals surface area contributed by atoms with Crippen LogP contribution in [0.5, 0.6) is 5.75 Å². The predicted octanol–water partition coefficient (Wildman–Crippen LogP) is 2.59. The molecular weight excluding hydrogens is 274 g/mol. The largest absolute Gasteiger partial charge is 0.476 e. The minimum Gasteiger partial charge on any atom is -0.476 e. The van der Waals surface area contributed by atoms with Crippen molar-refractivity contribution >= 4 is 11.7 Å². The molecule has 6 nitrogen and oxygen atoms in total. The summed E-state index contributed by atoms with van der Waals surface area (Å²) in [7, 11) is 0. The van der Waals surface area contributed by atoms with Crippen LogP contribution >= 0.6 is 0 Å². The SMILES string of the molecule is O=C(O)c1cc(CNc2ccccc2OC(F)F)on1. The number of rotatable bonds is 6. The summed E-state index contributed by atoms with van der Waals surface area (Å²) < 4.78 is 33.6. The number of carboxylic acid groups (broad SMARTS) is 1. The molecular formula is C12H10F2N2O4. The Labute approximate surface area is 111 Å². The van der Waals surface area contributed by atoms with E-state index in [-0.39, 0.29) is 23.7 Å². The average molecular weight is 284 g/mol. The van der Waals surface area contributed by atoms with E-state index in [4.69, 9.17) is 9.63 Å². The van der Waals surface area contributed by atoms with E-state index >= 15 is 0 Å². The molecule has 0 bridgehead atoms. The van der Waals surface area contributed by atoms with Gasteiger partial charge in [-0.15, -0.1) is 0 Å². The fourth-order valence-electron chi connectivity index (χ4n) is 1.49. The molecule has 0 fully saturated rings. The summed E-state index contributed by atoms with van der Waals surface area (Å²) in [6, 6.07) is 7.37. The highest BCUT2D eigenvalue weighted by Crippen LogP contribution is 2.26. The lowest BCUT2D eigenvalue weighted by atomic mass is 10.3. The van der Waals surface area contributed by atoms with Crippen LogP contribution in [0.1, 0.15) is 16.2 Å². The summed E-state index contributed by atoms with van der Waals surface area (Å²) in [5.41, 5.74) is 0.111. The number of aromatic carboxylic acids is 1. The van der Waals surface area contributed by atoms with Gasteiger partial charge in [-0.25, -0.2) is 4.79 Å². The van der Waals surface area contributed by atoms with E-state index in [1.165, 1.54) is 12.1 Å². The molecule has 2 aromatic rings. The van der Waals surface area contributed by atoms with Crippen molar-refractivity contribution in [3.05, 3.63) is 41.8 Å². The second-order valence-electron chi connectivity index (χ2n) is 3.71. The van der Waals surface area contributed by atoms with E-state index < -0.39 is 12.6 Å². The first kappa shape index (κ1) is 13.8. The fourth-order valence-corrected chi connectivity index (χ4v) is 1.49. The molecule has 0 spiro atoms. The van der Waals surface area contributed by atoms with Crippen LogP contribution in [0.15, 0.2) is 34.9 Å². The van der Waals surface area contributed by atoms with E-state index in [2.05, 4.69) is 15.2 Å². The molecule has 0 aliphatic heterocycles. The molecule has 2 rings (SSSR count). The van der Waals surface area contributed by atoms with Gasteiger partial charge >= 0.3 is 12.6 Å². The molecule has 1 heterocycles. The Balaban J connectivity index is 2.04. The van der Waals surface area contributed by atoms with Crippen LogP contribution in [0, 0.1) is 0 Å². The maximum Gasteiger partial charge on any atom is 0.387 e. The molecule has 106 valence electrons. The van der Waals surface area contributed by atoms with Crippen LogP contribution in [-0.4, -0.2) is 22.8 Å². The van der Waals surface area contributed by atoms with Gasteiger partial charge in [-0.05, 0) is 12.1 Å². The number of para-hydroxylation sites is 2. The Morgan fingerprint density at radius 3 is 2.85 bits per heavy atom. The lowest BCUT2D eigenvalue weighted by Gasteiger charge is -2.11. The van der Waals surface area contributed by atoms with Gasteiger partial charge in [-0.3, -0.25) is 0 Å². The van der Waals surface area contributed by atoms with Gasteiger partial charge in [0.25, 0.3) is 0 Å². The van der Waals surface area contributed by atoms with Crippen LogP contribution in [-0.2, 0) is 6.54 Å². The van der Waals surface area contributed by atoms with Gasteiger partial charge in [-0.1, -0.05) is 17.3 Å². The molecule has 0 saturated heterocycles. The number of anilines is 1. The van der Waals surface area contributed by atoms with E-state index in [1.54, 1.807) is 18.2 Å². The highest BCUT2D eigenvalue weighted by Gasteiger charge is 2.12. The number of hydrogen-bond donors (Lipinski definition) is 2. The lowest BCUT2D eigenvalue weighted by Crippen LogP contribution is -2.06. The first-order chi connectivity index (χ1) is 9.56. The summed E-state index contributed by atoms with van der Waals surface area (Å²) in [5, 5.41) is 14.8. The van der Waals surface area contributed by atoms with Crippen molar-refractivity contribution in [2.45, 2.75) is 13.2 Å². The number of alkyl halides is 2. The maximum atomic E-state index is 12.2. The summed E-state index contributed by atoms with van der Waals surface area (Å²) in [6.45, 7) is -2.84. The smallest absolute Gasteiger partial charge is 0.387 e. The zero-order valence-corrected chi connectivity index (χ0v) is 10.0. The number of hydrogen-bond acceptors (Lipinski definition) is 5. The van der Waals surface area contributed by atoms with Crippen molar-refractivity contribution in [1.82, 2.24) is 5.16 Å². The van der Waals surface area contributed by atoms with Crippen molar-refractivity contribution in [2.24, 2.45) is 0 Å². The van der Waals surface area contributed by atoms with Gasteiger partial charge in [0, 0.05) is 6.07 Å². The van der Waals surface area contributed by atoms with Crippen LogP contribution < -0.4 is 10.1 Å². The van der Waals surface area contributed by atoms with Crippen molar-refractivity contribution in [3.63, 3.8) is 0 Å². The first-order valence-corrected chi connectivity index (χ1v) is 5.53. The number of ether oxygens (including phenoxy) is 1. The molecule has 0 atom stereocenters. The van der Waals surface area contributed by atoms with Crippen molar-refractivity contribution in [3.8, 4) is 5.75 Å². The number of benzene rings is 1. The molecule has 0 aliphatic carbocycles. The predicted molar refractivity (Wildman–Crippen MR) is 63.9 cm³/mol. The van der Waals surface area contributed by atoms with Crippen LogP contribution in [0.2, 0.25) is 0 Å². The van der Waals surface area contributed by atoms with Crippen LogP contribution in [0.3, 0.4) is 0 Å². The van der Waals surface area contributed by atoms with E-state index in [0.29, 0.717) is 5.69 Å². The molecule has 1 aromatic carbocycles. The van der Waals surface area contributed by atoms with Gasteiger partial charge in [-0.2, -0.15) is 8.78 Å². The third-order valence-corrected chi connectivity index (χ3v) is 2.33. The molecule has 2 N–H and O–H groups in total. The zero-order valence-electron chi connectivity index (χ0n) is 10.0. The number of nitrogens with one attached hydrogen (secondary N) is 1. The van der Waals surface area contributed by atoms with Gasteiger partial charge in [0.2, 0.25) is 0 Å². The van der Waals surface area contributed by atoms with Crippen LogP contribution in [0.4, 0.5) is 14.5 Å². The molecule has 0 unspecified atom stereocenters. The second kappa shape index (κ2) is 6.00. The minimum atomic E-state index is -2.93. The molecule has 20 heavy (non-hydrogen) atoms.